The van der Waals surface area contributed by atoms with E-state index in [1.807, 2.05) is 0 Å². The monoisotopic (exact) mass is 384 g/mol. The van der Waals surface area contributed by atoms with E-state index in [1.54, 1.807) is 31.0 Å². The molecule has 1 aromatic heterocycles. The fourth-order valence-electron chi connectivity index (χ4n) is 4.19. The maximum atomic E-state index is 13.5. The van der Waals surface area contributed by atoms with Crippen LogP contribution < -0.4 is 5.56 Å². The lowest BCUT2D eigenvalue weighted by Gasteiger charge is -2.35. The van der Waals surface area contributed by atoms with Crippen LogP contribution in [-0.2, 0) is 24.9 Å². The standard InChI is InChI=1S/C21H25FN4O2/c1-14-23-18-13-26(12-17(18)20(27)24(14)2)21(28)19(25-10-4-3-5-11-25)15-6-8-16(22)9-7-15/h6-9,19H,3-5,10-13H2,1-2H3. The summed E-state index contributed by atoms with van der Waals surface area (Å²) in [5, 5.41) is 0. The largest absolute Gasteiger partial charge is 0.331 e. The van der Waals surface area contributed by atoms with Gasteiger partial charge >= 0.3 is 0 Å². The lowest BCUT2D eigenvalue weighted by Crippen LogP contribution is -2.43. The van der Waals surface area contributed by atoms with Crippen molar-refractivity contribution in [2.24, 2.45) is 7.05 Å². The summed E-state index contributed by atoms with van der Waals surface area (Å²) in [5.74, 6) is 0.278. The molecule has 7 heteroatoms. The molecular weight excluding hydrogens is 359 g/mol. The average molecular weight is 384 g/mol. The molecule has 0 spiro atoms. The molecular formula is C21H25FN4O2. The van der Waals surface area contributed by atoms with Crippen molar-refractivity contribution in [1.29, 1.82) is 0 Å². The van der Waals surface area contributed by atoms with Crippen LogP contribution in [0.15, 0.2) is 29.1 Å². The number of amides is 1. The van der Waals surface area contributed by atoms with Crippen LogP contribution in [0.4, 0.5) is 4.39 Å². The normalized spacial score (nSPS) is 18.2. The molecule has 2 aliphatic heterocycles. The highest BCUT2D eigenvalue weighted by Crippen LogP contribution is 2.30. The van der Waals surface area contributed by atoms with Crippen molar-refractivity contribution in [3.63, 3.8) is 0 Å². The molecule has 28 heavy (non-hydrogen) atoms. The van der Waals surface area contributed by atoms with Crippen molar-refractivity contribution < 1.29 is 9.18 Å². The number of fused-ring (bicyclic) bond motifs is 1. The summed E-state index contributed by atoms with van der Waals surface area (Å²) in [4.78, 5) is 34.5. The fourth-order valence-corrected chi connectivity index (χ4v) is 4.19. The first-order valence-corrected chi connectivity index (χ1v) is 9.79. The van der Waals surface area contributed by atoms with Gasteiger partial charge in [-0.1, -0.05) is 18.6 Å². The number of hydrogen-bond donors (Lipinski definition) is 0. The van der Waals surface area contributed by atoms with Gasteiger partial charge in [-0.3, -0.25) is 19.1 Å². The van der Waals surface area contributed by atoms with Crippen LogP contribution in [-0.4, -0.2) is 38.3 Å². The minimum absolute atomic E-state index is 0.0498. The number of halogens is 1. The Balaban J connectivity index is 1.65. The van der Waals surface area contributed by atoms with Crippen molar-refractivity contribution in [1.82, 2.24) is 19.4 Å². The summed E-state index contributed by atoms with van der Waals surface area (Å²) in [6, 6.07) is 5.73. The van der Waals surface area contributed by atoms with Crippen molar-refractivity contribution in [2.75, 3.05) is 13.1 Å². The zero-order chi connectivity index (χ0) is 19.8. The van der Waals surface area contributed by atoms with Gasteiger partial charge in [0.15, 0.2) is 0 Å². The number of likely N-dealkylation sites (tertiary alicyclic amines) is 1. The highest BCUT2D eigenvalue weighted by molar-refractivity contribution is 5.83. The van der Waals surface area contributed by atoms with Crippen LogP contribution >= 0.6 is 0 Å². The molecule has 148 valence electrons. The summed E-state index contributed by atoms with van der Waals surface area (Å²) >= 11 is 0. The van der Waals surface area contributed by atoms with E-state index < -0.39 is 6.04 Å². The van der Waals surface area contributed by atoms with E-state index in [0.717, 1.165) is 37.9 Å². The quantitative estimate of drug-likeness (QED) is 0.815. The van der Waals surface area contributed by atoms with Gasteiger partial charge in [-0.25, -0.2) is 9.37 Å². The summed E-state index contributed by atoms with van der Waals surface area (Å²) in [6.07, 6.45) is 3.26. The Bertz CT molecular complexity index is 948. The van der Waals surface area contributed by atoms with Gasteiger partial charge < -0.3 is 4.90 Å². The van der Waals surface area contributed by atoms with E-state index >= 15 is 0 Å². The Morgan fingerprint density at radius 3 is 2.46 bits per heavy atom. The van der Waals surface area contributed by atoms with Crippen molar-refractivity contribution in [3.8, 4) is 0 Å². The minimum Gasteiger partial charge on any atom is -0.331 e. The number of piperidine rings is 1. The zero-order valence-electron chi connectivity index (χ0n) is 16.3. The van der Waals surface area contributed by atoms with Crippen LogP contribution in [0.1, 0.15) is 47.9 Å². The fraction of sp³-hybridized carbons (Fsp3) is 0.476. The number of rotatable bonds is 3. The van der Waals surface area contributed by atoms with Crippen LogP contribution in [0.5, 0.6) is 0 Å². The van der Waals surface area contributed by atoms with Crippen LogP contribution in [0.2, 0.25) is 0 Å². The first-order valence-electron chi connectivity index (χ1n) is 9.79. The van der Waals surface area contributed by atoms with Gasteiger partial charge in [0.25, 0.3) is 5.56 Å². The highest BCUT2D eigenvalue weighted by Gasteiger charge is 2.36. The third kappa shape index (κ3) is 3.35. The average Bonchev–Trinajstić information content (AvgIpc) is 3.13. The first-order chi connectivity index (χ1) is 13.5. The second kappa shape index (κ2) is 7.47. The molecule has 0 N–H and O–H groups in total. The molecule has 0 radical (unpaired) electrons. The third-order valence-electron chi connectivity index (χ3n) is 5.87. The molecule has 1 atom stereocenters. The molecule has 3 heterocycles. The predicted molar refractivity (Wildman–Crippen MR) is 103 cm³/mol. The molecule has 4 rings (SSSR count). The van der Waals surface area contributed by atoms with Gasteiger partial charge in [0.2, 0.25) is 5.91 Å². The second-order valence-corrected chi connectivity index (χ2v) is 7.69. The van der Waals surface area contributed by atoms with Crippen molar-refractivity contribution in [3.05, 3.63) is 63.1 Å². The number of nitrogens with zero attached hydrogens (tertiary/aromatic N) is 4. The SMILES string of the molecule is Cc1nc2c(c(=O)n1C)CN(C(=O)C(c1ccc(F)cc1)N1CCCCC1)C2. The van der Waals surface area contributed by atoms with Gasteiger partial charge in [0.1, 0.15) is 17.7 Å². The van der Waals surface area contributed by atoms with E-state index in [-0.39, 0.29) is 23.8 Å². The topological polar surface area (TPSA) is 58.4 Å². The zero-order valence-corrected chi connectivity index (χ0v) is 16.3. The lowest BCUT2D eigenvalue weighted by atomic mass is 10.0. The third-order valence-corrected chi connectivity index (χ3v) is 5.87. The summed E-state index contributed by atoms with van der Waals surface area (Å²) in [6.45, 7) is 4.10. The van der Waals surface area contributed by atoms with E-state index in [1.165, 1.54) is 16.7 Å². The Hall–Kier alpha value is -2.54. The second-order valence-electron chi connectivity index (χ2n) is 7.69. The van der Waals surface area contributed by atoms with Crippen LogP contribution in [0.3, 0.4) is 0 Å². The molecule has 1 aromatic carbocycles. The van der Waals surface area contributed by atoms with Crippen LogP contribution in [0, 0.1) is 12.7 Å². The van der Waals surface area contributed by atoms with Gasteiger partial charge in [-0.2, -0.15) is 0 Å². The van der Waals surface area contributed by atoms with Gasteiger partial charge in [0.05, 0.1) is 24.3 Å². The molecule has 1 amide bonds. The molecule has 1 fully saturated rings. The summed E-state index contributed by atoms with van der Waals surface area (Å²) in [7, 11) is 1.70. The Kier molecular flexibility index (Phi) is 5.02. The van der Waals surface area contributed by atoms with E-state index in [9.17, 15) is 14.0 Å². The Morgan fingerprint density at radius 2 is 1.79 bits per heavy atom. The minimum atomic E-state index is -0.458. The number of aryl methyl sites for hydroxylation is 1. The van der Waals surface area contributed by atoms with E-state index in [0.29, 0.717) is 23.6 Å². The molecule has 2 aromatic rings. The van der Waals surface area contributed by atoms with Gasteiger partial charge in [0, 0.05) is 7.05 Å². The van der Waals surface area contributed by atoms with Gasteiger partial charge in [-0.15, -0.1) is 0 Å². The van der Waals surface area contributed by atoms with Gasteiger partial charge in [-0.05, 0) is 50.6 Å². The Labute approximate surface area is 163 Å². The molecule has 2 aliphatic rings. The predicted octanol–water partition coefficient (Wildman–Crippen LogP) is 2.30. The molecule has 0 aliphatic carbocycles. The molecule has 1 unspecified atom stereocenters. The first kappa shape index (κ1) is 18.8. The molecule has 1 saturated heterocycles. The summed E-state index contributed by atoms with van der Waals surface area (Å²) in [5.41, 5.74) is 1.99. The van der Waals surface area contributed by atoms with E-state index in [2.05, 4.69) is 9.88 Å². The van der Waals surface area contributed by atoms with Crippen molar-refractivity contribution >= 4 is 5.91 Å². The van der Waals surface area contributed by atoms with Crippen molar-refractivity contribution in [2.45, 2.75) is 45.3 Å². The summed E-state index contributed by atoms with van der Waals surface area (Å²) < 4.78 is 15.0. The molecule has 6 nitrogen and oxygen atoms in total. The Morgan fingerprint density at radius 1 is 1.11 bits per heavy atom. The number of benzene rings is 1. The van der Waals surface area contributed by atoms with Crippen LogP contribution in [0.25, 0.3) is 0 Å². The smallest absolute Gasteiger partial charge is 0.258 e. The number of hydrogen-bond acceptors (Lipinski definition) is 4. The maximum Gasteiger partial charge on any atom is 0.258 e. The molecule has 0 saturated carbocycles. The number of carbonyl (C=O) groups excluding carboxylic acids is 1. The maximum absolute atomic E-state index is 13.5. The lowest BCUT2D eigenvalue weighted by molar-refractivity contribution is -0.138. The molecule has 0 bridgehead atoms. The number of aromatic nitrogens is 2. The number of carbonyl (C=O) groups is 1. The van der Waals surface area contributed by atoms with E-state index in [4.69, 9.17) is 0 Å². The highest BCUT2D eigenvalue weighted by atomic mass is 19.1.